The van der Waals surface area contributed by atoms with Crippen LogP contribution in [0.1, 0.15) is 11.1 Å². The molecule has 0 bridgehead atoms. The molecule has 2 aromatic rings. The van der Waals surface area contributed by atoms with E-state index < -0.39 is 0 Å². The van der Waals surface area contributed by atoms with Crippen LogP contribution in [0.25, 0.3) is 0 Å². The fourth-order valence-corrected chi connectivity index (χ4v) is 2.19. The van der Waals surface area contributed by atoms with E-state index in [1.54, 1.807) is 18.2 Å². The average Bonchev–Trinajstić information content (AvgIpc) is 2.37. The van der Waals surface area contributed by atoms with Gasteiger partial charge in [-0.2, -0.15) is 0 Å². The van der Waals surface area contributed by atoms with Crippen LogP contribution in [0.4, 0.5) is 16.2 Å². The highest BCUT2D eigenvalue weighted by atomic mass is 35.5. The van der Waals surface area contributed by atoms with Gasteiger partial charge in [0.25, 0.3) is 0 Å². The second-order valence-corrected chi connectivity index (χ2v) is 5.37. The molecule has 0 spiro atoms. The third kappa shape index (κ3) is 3.65. The average molecular weight is 309 g/mol. The van der Waals surface area contributed by atoms with Gasteiger partial charge in [-0.1, -0.05) is 35.3 Å². The lowest BCUT2D eigenvalue weighted by Crippen LogP contribution is -2.20. The molecule has 0 aromatic heterocycles. The van der Waals surface area contributed by atoms with Crippen molar-refractivity contribution in [2.75, 3.05) is 10.6 Å². The van der Waals surface area contributed by atoms with E-state index in [2.05, 4.69) is 10.6 Å². The molecule has 0 aliphatic carbocycles. The van der Waals surface area contributed by atoms with Gasteiger partial charge in [0.1, 0.15) is 0 Å². The van der Waals surface area contributed by atoms with Gasteiger partial charge in [-0.3, -0.25) is 0 Å². The molecule has 0 aliphatic rings. The first-order chi connectivity index (χ1) is 9.45. The Bertz CT molecular complexity index is 656. The maximum atomic E-state index is 12.0. The topological polar surface area (TPSA) is 41.1 Å². The van der Waals surface area contributed by atoms with Crippen LogP contribution in [0.15, 0.2) is 36.4 Å². The summed E-state index contributed by atoms with van der Waals surface area (Å²) in [7, 11) is 0. The van der Waals surface area contributed by atoms with Crippen LogP contribution < -0.4 is 10.6 Å². The van der Waals surface area contributed by atoms with Gasteiger partial charge < -0.3 is 10.6 Å². The lowest BCUT2D eigenvalue weighted by molar-refractivity contribution is 0.262. The number of aryl methyl sites for hydroxylation is 2. The summed E-state index contributed by atoms with van der Waals surface area (Å²) in [6, 6.07) is 10.4. The fraction of sp³-hybridized carbons (Fsp3) is 0.133. The van der Waals surface area contributed by atoms with Crippen molar-refractivity contribution in [1.29, 1.82) is 0 Å². The first-order valence-electron chi connectivity index (χ1n) is 6.06. The van der Waals surface area contributed by atoms with Gasteiger partial charge in [0, 0.05) is 10.7 Å². The molecule has 3 nitrogen and oxygen atoms in total. The van der Waals surface area contributed by atoms with E-state index in [1.807, 2.05) is 32.0 Å². The molecule has 2 N–H and O–H groups in total. The third-order valence-corrected chi connectivity index (χ3v) is 3.37. The standard InChI is InChI=1S/C15H14Cl2N2O/c1-9-3-4-10(2)14(7-9)19-15(20)18-13-6-5-11(16)8-12(13)17/h3-8H,1-2H3,(H2,18,19,20). The van der Waals surface area contributed by atoms with Gasteiger partial charge in [0.2, 0.25) is 0 Å². The van der Waals surface area contributed by atoms with E-state index in [1.165, 1.54) is 0 Å². The van der Waals surface area contributed by atoms with E-state index in [-0.39, 0.29) is 6.03 Å². The van der Waals surface area contributed by atoms with Crippen LogP contribution in [-0.2, 0) is 0 Å². The van der Waals surface area contributed by atoms with Crippen LogP contribution in [0.5, 0.6) is 0 Å². The number of benzene rings is 2. The first-order valence-corrected chi connectivity index (χ1v) is 6.81. The summed E-state index contributed by atoms with van der Waals surface area (Å²) in [5.74, 6) is 0. The maximum absolute atomic E-state index is 12.0. The van der Waals surface area contributed by atoms with Gasteiger partial charge in [-0.15, -0.1) is 0 Å². The number of rotatable bonds is 2. The van der Waals surface area contributed by atoms with Gasteiger partial charge >= 0.3 is 6.03 Å². The van der Waals surface area contributed by atoms with Crippen molar-refractivity contribution in [1.82, 2.24) is 0 Å². The highest BCUT2D eigenvalue weighted by Gasteiger charge is 2.08. The second-order valence-electron chi connectivity index (χ2n) is 4.52. The summed E-state index contributed by atoms with van der Waals surface area (Å²) in [6.07, 6.45) is 0. The van der Waals surface area contributed by atoms with Crippen molar-refractivity contribution in [2.24, 2.45) is 0 Å². The predicted octanol–water partition coefficient (Wildman–Crippen LogP) is 5.25. The Labute approximate surface area is 127 Å². The lowest BCUT2D eigenvalue weighted by Gasteiger charge is -2.11. The predicted molar refractivity (Wildman–Crippen MR) is 85.0 cm³/mol. The molecule has 0 saturated carbocycles. The molecule has 0 heterocycles. The number of carbonyl (C=O) groups is 1. The summed E-state index contributed by atoms with van der Waals surface area (Å²) in [5.41, 5.74) is 3.36. The molecule has 2 aromatic carbocycles. The SMILES string of the molecule is Cc1ccc(C)c(NC(=O)Nc2ccc(Cl)cc2Cl)c1. The van der Waals surface area contributed by atoms with Crippen LogP contribution >= 0.6 is 23.2 Å². The van der Waals surface area contributed by atoms with Crippen LogP contribution in [0.3, 0.4) is 0 Å². The molecular formula is C15H14Cl2N2O. The Morgan fingerprint density at radius 2 is 1.65 bits per heavy atom. The van der Waals surface area contributed by atoms with Gasteiger partial charge in [-0.25, -0.2) is 4.79 Å². The lowest BCUT2D eigenvalue weighted by atomic mass is 10.1. The molecule has 5 heteroatoms. The molecule has 0 saturated heterocycles. The zero-order chi connectivity index (χ0) is 14.7. The van der Waals surface area contributed by atoms with Crippen molar-refractivity contribution in [2.45, 2.75) is 13.8 Å². The number of carbonyl (C=O) groups excluding carboxylic acids is 1. The minimum absolute atomic E-state index is 0.345. The Kier molecular flexibility index (Phi) is 4.53. The van der Waals surface area contributed by atoms with E-state index in [0.717, 1.165) is 16.8 Å². The summed E-state index contributed by atoms with van der Waals surface area (Å²) in [5, 5.41) is 6.41. The smallest absolute Gasteiger partial charge is 0.307 e. The zero-order valence-electron chi connectivity index (χ0n) is 11.1. The van der Waals surface area contributed by atoms with Crippen LogP contribution in [0.2, 0.25) is 10.0 Å². The van der Waals surface area contributed by atoms with Crippen molar-refractivity contribution in [3.63, 3.8) is 0 Å². The fourth-order valence-electron chi connectivity index (χ4n) is 1.74. The number of anilines is 2. The van der Waals surface area contributed by atoms with E-state index in [9.17, 15) is 4.79 Å². The van der Waals surface area contributed by atoms with E-state index >= 15 is 0 Å². The molecule has 0 fully saturated rings. The van der Waals surface area contributed by atoms with Crippen LogP contribution in [-0.4, -0.2) is 6.03 Å². The molecular weight excluding hydrogens is 295 g/mol. The van der Waals surface area contributed by atoms with Gasteiger partial charge in [0.15, 0.2) is 0 Å². The molecule has 20 heavy (non-hydrogen) atoms. The molecule has 0 aliphatic heterocycles. The Morgan fingerprint density at radius 1 is 0.950 bits per heavy atom. The summed E-state index contributed by atoms with van der Waals surface area (Å²) < 4.78 is 0. The summed E-state index contributed by atoms with van der Waals surface area (Å²) >= 11 is 11.8. The van der Waals surface area contributed by atoms with Gasteiger partial charge in [-0.05, 0) is 49.2 Å². The van der Waals surface area contributed by atoms with Crippen molar-refractivity contribution >= 4 is 40.6 Å². The Morgan fingerprint density at radius 3 is 2.35 bits per heavy atom. The van der Waals surface area contributed by atoms with Crippen LogP contribution in [0, 0.1) is 13.8 Å². The number of hydrogen-bond acceptors (Lipinski definition) is 1. The maximum Gasteiger partial charge on any atom is 0.323 e. The summed E-state index contributed by atoms with van der Waals surface area (Å²) in [6.45, 7) is 3.91. The van der Waals surface area contributed by atoms with Gasteiger partial charge in [0.05, 0.1) is 10.7 Å². The highest BCUT2D eigenvalue weighted by molar-refractivity contribution is 6.36. The van der Waals surface area contributed by atoms with Crippen molar-refractivity contribution < 1.29 is 4.79 Å². The number of urea groups is 1. The first kappa shape index (κ1) is 14.7. The van der Waals surface area contributed by atoms with Crippen molar-refractivity contribution in [3.8, 4) is 0 Å². The normalized spacial score (nSPS) is 10.2. The number of amides is 2. The minimum atomic E-state index is -0.345. The Balaban J connectivity index is 2.11. The van der Waals surface area contributed by atoms with E-state index in [4.69, 9.17) is 23.2 Å². The molecule has 2 amide bonds. The molecule has 104 valence electrons. The van der Waals surface area contributed by atoms with E-state index in [0.29, 0.717) is 15.7 Å². The monoisotopic (exact) mass is 308 g/mol. The molecule has 0 unspecified atom stereocenters. The minimum Gasteiger partial charge on any atom is -0.307 e. The summed E-state index contributed by atoms with van der Waals surface area (Å²) in [4.78, 5) is 12.0. The number of nitrogens with one attached hydrogen (secondary N) is 2. The molecule has 0 atom stereocenters. The molecule has 0 radical (unpaired) electrons. The number of halogens is 2. The quantitative estimate of drug-likeness (QED) is 0.781. The highest BCUT2D eigenvalue weighted by Crippen LogP contribution is 2.25. The Hall–Kier alpha value is -1.71. The number of hydrogen-bond donors (Lipinski definition) is 2. The van der Waals surface area contributed by atoms with Crippen molar-refractivity contribution in [3.05, 3.63) is 57.6 Å². The third-order valence-electron chi connectivity index (χ3n) is 2.82. The zero-order valence-corrected chi connectivity index (χ0v) is 12.6. The largest absolute Gasteiger partial charge is 0.323 e. The second kappa shape index (κ2) is 6.16. The molecule has 2 rings (SSSR count).